The molecule has 2 rings (SSSR count). The van der Waals surface area contributed by atoms with E-state index in [1.807, 2.05) is 25.1 Å². The number of aryl methyl sites for hydroxylation is 2. The molecule has 0 amide bonds. The molecule has 0 aliphatic carbocycles. The first-order valence-electron chi connectivity index (χ1n) is 4.95. The highest BCUT2D eigenvalue weighted by Gasteiger charge is 2.15. The van der Waals surface area contributed by atoms with Crippen molar-refractivity contribution in [2.75, 3.05) is 0 Å². The van der Waals surface area contributed by atoms with Crippen LogP contribution in [0, 0.1) is 13.8 Å². The van der Waals surface area contributed by atoms with Crippen LogP contribution in [0.15, 0.2) is 39.2 Å². The Morgan fingerprint density at radius 2 is 2.00 bits per heavy atom. The van der Waals surface area contributed by atoms with Gasteiger partial charge >= 0.3 is 0 Å². The maximum Gasteiger partial charge on any atom is 0.196 e. The summed E-state index contributed by atoms with van der Waals surface area (Å²) in [6.45, 7) is 3.64. The van der Waals surface area contributed by atoms with Crippen LogP contribution in [0.2, 0.25) is 0 Å². The van der Waals surface area contributed by atoms with Crippen molar-refractivity contribution in [1.82, 2.24) is 0 Å². The smallest absolute Gasteiger partial charge is 0.196 e. The molecule has 0 atom stereocenters. The van der Waals surface area contributed by atoms with E-state index in [0.717, 1.165) is 10.2 Å². The largest absolute Gasteiger partial charge is 0.466 e. The Hall–Kier alpha value is -1.35. The third-order valence-electron chi connectivity index (χ3n) is 2.37. The van der Waals surface area contributed by atoms with E-state index in [4.69, 9.17) is 4.42 Å². The molecule has 1 heterocycles. The van der Waals surface area contributed by atoms with Crippen LogP contribution in [0.4, 0.5) is 0 Å². The number of ketones is 1. The molecule has 0 unspecified atom stereocenters. The maximum atomic E-state index is 12.2. The van der Waals surface area contributed by atoms with Crippen LogP contribution in [-0.4, -0.2) is 5.78 Å². The Morgan fingerprint density at radius 3 is 2.56 bits per heavy atom. The number of hydrogen-bond donors (Lipinski definition) is 0. The normalized spacial score (nSPS) is 10.4. The van der Waals surface area contributed by atoms with E-state index in [0.29, 0.717) is 16.9 Å². The molecular formula is C13H11BrO2. The van der Waals surface area contributed by atoms with E-state index < -0.39 is 0 Å². The first kappa shape index (κ1) is 11.1. The zero-order chi connectivity index (χ0) is 11.7. The molecule has 0 bridgehead atoms. The standard InChI is InChI=1S/C13H11BrO2/c1-8-6-12(9(2)16-8)13(15)10-4-3-5-11(14)7-10/h3-7H,1-2H3. The van der Waals surface area contributed by atoms with Gasteiger partial charge < -0.3 is 4.42 Å². The molecule has 2 nitrogen and oxygen atoms in total. The predicted octanol–water partition coefficient (Wildman–Crippen LogP) is 3.89. The van der Waals surface area contributed by atoms with Crippen molar-refractivity contribution < 1.29 is 9.21 Å². The summed E-state index contributed by atoms with van der Waals surface area (Å²) in [5.41, 5.74) is 1.30. The van der Waals surface area contributed by atoms with E-state index in [9.17, 15) is 4.79 Å². The minimum absolute atomic E-state index is 0.00403. The van der Waals surface area contributed by atoms with Gasteiger partial charge in [0.2, 0.25) is 0 Å². The van der Waals surface area contributed by atoms with Gasteiger partial charge in [-0.15, -0.1) is 0 Å². The van der Waals surface area contributed by atoms with Gasteiger partial charge in [-0.05, 0) is 32.0 Å². The quantitative estimate of drug-likeness (QED) is 0.781. The second kappa shape index (κ2) is 4.26. The number of carbonyl (C=O) groups is 1. The summed E-state index contributed by atoms with van der Waals surface area (Å²) in [5.74, 6) is 1.42. The van der Waals surface area contributed by atoms with Gasteiger partial charge in [0.15, 0.2) is 5.78 Å². The zero-order valence-electron chi connectivity index (χ0n) is 9.08. The van der Waals surface area contributed by atoms with Crippen molar-refractivity contribution in [3.63, 3.8) is 0 Å². The van der Waals surface area contributed by atoms with Crippen LogP contribution >= 0.6 is 15.9 Å². The molecule has 16 heavy (non-hydrogen) atoms. The number of carbonyl (C=O) groups excluding carboxylic acids is 1. The lowest BCUT2D eigenvalue weighted by Crippen LogP contribution is -2.01. The fraction of sp³-hybridized carbons (Fsp3) is 0.154. The second-order valence-corrected chi connectivity index (χ2v) is 4.58. The fourth-order valence-electron chi connectivity index (χ4n) is 1.64. The van der Waals surface area contributed by atoms with Crippen molar-refractivity contribution in [1.29, 1.82) is 0 Å². The van der Waals surface area contributed by atoms with E-state index in [1.54, 1.807) is 19.1 Å². The highest BCUT2D eigenvalue weighted by molar-refractivity contribution is 9.10. The van der Waals surface area contributed by atoms with E-state index in [1.165, 1.54) is 0 Å². The molecule has 82 valence electrons. The molecule has 1 aromatic carbocycles. The van der Waals surface area contributed by atoms with Crippen molar-refractivity contribution in [3.05, 3.63) is 57.5 Å². The molecule has 0 radical (unpaired) electrons. The number of rotatable bonds is 2. The first-order chi connectivity index (χ1) is 7.58. The lowest BCUT2D eigenvalue weighted by molar-refractivity contribution is 0.103. The minimum Gasteiger partial charge on any atom is -0.466 e. The Morgan fingerprint density at radius 1 is 1.25 bits per heavy atom. The molecule has 0 spiro atoms. The van der Waals surface area contributed by atoms with Gasteiger partial charge in [0.25, 0.3) is 0 Å². The Kier molecular flexibility index (Phi) is 2.97. The van der Waals surface area contributed by atoms with Crippen molar-refractivity contribution >= 4 is 21.7 Å². The predicted molar refractivity (Wildman–Crippen MR) is 65.8 cm³/mol. The van der Waals surface area contributed by atoms with Gasteiger partial charge in [0.05, 0.1) is 5.56 Å². The number of hydrogen-bond acceptors (Lipinski definition) is 2. The van der Waals surface area contributed by atoms with E-state index in [-0.39, 0.29) is 5.78 Å². The van der Waals surface area contributed by atoms with Crippen LogP contribution in [-0.2, 0) is 0 Å². The Bertz CT molecular complexity index is 541. The number of halogens is 1. The summed E-state index contributed by atoms with van der Waals surface area (Å²) in [7, 11) is 0. The average molecular weight is 279 g/mol. The second-order valence-electron chi connectivity index (χ2n) is 3.67. The molecule has 0 N–H and O–H groups in total. The molecule has 0 saturated heterocycles. The zero-order valence-corrected chi connectivity index (χ0v) is 10.7. The molecule has 0 aliphatic heterocycles. The molecule has 3 heteroatoms. The number of benzene rings is 1. The third-order valence-corrected chi connectivity index (χ3v) is 2.87. The minimum atomic E-state index is -0.00403. The van der Waals surface area contributed by atoms with Crippen LogP contribution < -0.4 is 0 Å². The van der Waals surface area contributed by atoms with Gasteiger partial charge in [0, 0.05) is 10.0 Å². The van der Waals surface area contributed by atoms with Crippen molar-refractivity contribution in [2.45, 2.75) is 13.8 Å². The van der Waals surface area contributed by atoms with Gasteiger partial charge in [-0.25, -0.2) is 0 Å². The topological polar surface area (TPSA) is 30.2 Å². The summed E-state index contributed by atoms with van der Waals surface area (Å²) in [5, 5.41) is 0. The molecular weight excluding hydrogens is 268 g/mol. The fourth-order valence-corrected chi connectivity index (χ4v) is 2.04. The van der Waals surface area contributed by atoms with Crippen LogP contribution in [0.5, 0.6) is 0 Å². The van der Waals surface area contributed by atoms with Gasteiger partial charge in [0.1, 0.15) is 11.5 Å². The molecule has 2 aromatic rings. The highest BCUT2D eigenvalue weighted by atomic mass is 79.9. The lowest BCUT2D eigenvalue weighted by Gasteiger charge is -1.99. The van der Waals surface area contributed by atoms with Crippen LogP contribution in [0.25, 0.3) is 0 Å². The van der Waals surface area contributed by atoms with Gasteiger partial charge in [-0.1, -0.05) is 28.1 Å². The molecule has 0 aliphatic rings. The van der Waals surface area contributed by atoms with Crippen molar-refractivity contribution in [3.8, 4) is 0 Å². The maximum absolute atomic E-state index is 12.2. The van der Waals surface area contributed by atoms with E-state index in [2.05, 4.69) is 15.9 Å². The molecule has 0 fully saturated rings. The van der Waals surface area contributed by atoms with Gasteiger partial charge in [-0.3, -0.25) is 4.79 Å². The van der Waals surface area contributed by atoms with Crippen LogP contribution in [0.1, 0.15) is 27.4 Å². The lowest BCUT2D eigenvalue weighted by atomic mass is 10.0. The van der Waals surface area contributed by atoms with Crippen LogP contribution in [0.3, 0.4) is 0 Å². The number of furan rings is 1. The Labute approximate surface area is 102 Å². The molecule has 0 saturated carbocycles. The summed E-state index contributed by atoms with van der Waals surface area (Å²) in [6, 6.07) is 9.13. The SMILES string of the molecule is Cc1cc(C(=O)c2cccc(Br)c2)c(C)o1. The van der Waals surface area contributed by atoms with Crippen molar-refractivity contribution in [2.24, 2.45) is 0 Å². The summed E-state index contributed by atoms with van der Waals surface area (Å²) < 4.78 is 6.25. The summed E-state index contributed by atoms with van der Waals surface area (Å²) in [6.07, 6.45) is 0. The Balaban J connectivity index is 2.43. The highest BCUT2D eigenvalue weighted by Crippen LogP contribution is 2.20. The summed E-state index contributed by atoms with van der Waals surface area (Å²) in [4.78, 5) is 12.2. The monoisotopic (exact) mass is 278 g/mol. The first-order valence-corrected chi connectivity index (χ1v) is 5.74. The average Bonchev–Trinajstić information content (AvgIpc) is 2.57. The van der Waals surface area contributed by atoms with Gasteiger partial charge in [-0.2, -0.15) is 0 Å². The molecule has 1 aromatic heterocycles. The van der Waals surface area contributed by atoms with E-state index >= 15 is 0 Å². The third kappa shape index (κ3) is 2.09. The summed E-state index contributed by atoms with van der Waals surface area (Å²) >= 11 is 3.35.